The van der Waals surface area contributed by atoms with Crippen LogP contribution in [0.5, 0.6) is 5.88 Å². The van der Waals surface area contributed by atoms with Crippen LogP contribution < -0.4 is 4.74 Å². The van der Waals surface area contributed by atoms with Crippen molar-refractivity contribution in [1.29, 1.82) is 0 Å². The molecule has 0 amide bonds. The first kappa shape index (κ1) is 10.2. The number of hydrogen-bond donors (Lipinski definition) is 1. The Morgan fingerprint density at radius 3 is 2.69 bits per heavy atom. The fraction of sp³-hybridized carbons (Fsp3) is 0.429. The van der Waals surface area contributed by atoms with E-state index in [1.165, 1.54) is 20.5 Å². The van der Waals surface area contributed by atoms with Crippen molar-refractivity contribution in [2.24, 2.45) is 0 Å². The fourth-order valence-electron chi connectivity index (χ4n) is 0.793. The van der Waals surface area contributed by atoms with Gasteiger partial charge in [-0.05, 0) is 0 Å². The zero-order valence-corrected chi connectivity index (χ0v) is 7.95. The summed E-state index contributed by atoms with van der Waals surface area (Å²) in [5, 5.41) is 9.43. The zero-order valence-electron chi connectivity index (χ0n) is 7.19. The third kappa shape index (κ3) is 2.06. The molecule has 1 atom stereocenters. The largest absolute Gasteiger partial charge is 0.480 e. The van der Waals surface area contributed by atoms with E-state index < -0.39 is 6.29 Å². The van der Waals surface area contributed by atoms with Crippen molar-refractivity contribution < 1.29 is 14.6 Å². The summed E-state index contributed by atoms with van der Waals surface area (Å²) < 4.78 is 9.47. The second-order valence-corrected chi connectivity index (χ2v) is 2.55. The lowest BCUT2D eigenvalue weighted by Gasteiger charge is -2.10. The van der Waals surface area contributed by atoms with Crippen LogP contribution in [0.15, 0.2) is 6.33 Å². The normalized spacial score (nSPS) is 12.6. The number of nitrogens with zero attached hydrogens (tertiary/aromatic N) is 2. The molecule has 1 unspecified atom stereocenters. The van der Waals surface area contributed by atoms with Gasteiger partial charge in [0.2, 0.25) is 5.88 Å². The van der Waals surface area contributed by atoms with E-state index in [4.69, 9.17) is 16.3 Å². The van der Waals surface area contributed by atoms with Gasteiger partial charge in [0.15, 0.2) is 6.29 Å². The molecule has 0 radical (unpaired) electrons. The molecule has 0 aliphatic heterocycles. The van der Waals surface area contributed by atoms with E-state index >= 15 is 0 Å². The molecule has 0 aromatic carbocycles. The second kappa shape index (κ2) is 4.36. The molecule has 1 heterocycles. The average Bonchev–Trinajstić information content (AvgIpc) is 2.17. The highest BCUT2D eigenvalue weighted by Crippen LogP contribution is 2.27. The van der Waals surface area contributed by atoms with Crippen LogP contribution in [0.2, 0.25) is 5.02 Å². The van der Waals surface area contributed by atoms with Crippen molar-refractivity contribution in [1.82, 2.24) is 9.97 Å². The number of methoxy groups -OCH3 is 2. The van der Waals surface area contributed by atoms with E-state index in [0.29, 0.717) is 0 Å². The van der Waals surface area contributed by atoms with Gasteiger partial charge in [0.05, 0.1) is 7.11 Å². The first-order valence-corrected chi connectivity index (χ1v) is 3.83. The third-order valence-electron chi connectivity index (χ3n) is 1.43. The Labute approximate surface area is 80.3 Å². The van der Waals surface area contributed by atoms with Crippen molar-refractivity contribution in [3.63, 3.8) is 0 Å². The van der Waals surface area contributed by atoms with Crippen molar-refractivity contribution in [2.45, 2.75) is 6.29 Å². The number of aliphatic hydroxyl groups excluding tert-OH is 1. The molecule has 72 valence electrons. The van der Waals surface area contributed by atoms with E-state index in [9.17, 15) is 5.11 Å². The summed E-state index contributed by atoms with van der Waals surface area (Å²) in [6, 6.07) is 0. The van der Waals surface area contributed by atoms with Gasteiger partial charge in [-0.2, -0.15) is 0 Å². The molecule has 6 heteroatoms. The van der Waals surface area contributed by atoms with E-state index in [0.717, 1.165) is 0 Å². The highest BCUT2D eigenvalue weighted by molar-refractivity contribution is 6.32. The molecule has 1 N–H and O–H groups in total. The van der Waals surface area contributed by atoms with Crippen LogP contribution >= 0.6 is 11.6 Å². The van der Waals surface area contributed by atoms with Crippen molar-refractivity contribution in [3.8, 4) is 5.88 Å². The van der Waals surface area contributed by atoms with Crippen molar-refractivity contribution >= 4 is 11.6 Å². The van der Waals surface area contributed by atoms with Crippen LogP contribution in [0.4, 0.5) is 0 Å². The minimum absolute atomic E-state index is 0.152. The molecule has 5 nitrogen and oxygen atoms in total. The summed E-state index contributed by atoms with van der Waals surface area (Å²) in [7, 11) is 2.77. The quantitative estimate of drug-likeness (QED) is 0.737. The Bertz CT molecular complexity index is 295. The molecule has 0 spiro atoms. The number of rotatable bonds is 3. The van der Waals surface area contributed by atoms with Crippen LogP contribution in [0.1, 0.15) is 12.0 Å². The van der Waals surface area contributed by atoms with E-state index in [2.05, 4.69) is 14.7 Å². The number of aromatic nitrogens is 2. The smallest absolute Gasteiger partial charge is 0.235 e. The molecule has 0 aliphatic carbocycles. The van der Waals surface area contributed by atoms with E-state index in [-0.39, 0.29) is 16.6 Å². The van der Waals surface area contributed by atoms with Crippen LogP contribution in [0.25, 0.3) is 0 Å². The monoisotopic (exact) mass is 204 g/mol. The SMILES string of the molecule is COc1ncnc(C(O)OC)c1Cl. The van der Waals surface area contributed by atoms with Gasteiger partial charge in [-0.3, -0.25) is 0 Å². The maximum atomic E-state index is 9.28. The lowest BCUT2D eigenvalue weighted by Crippen LogP contribution is -2.05. The minimum atomic E-state index is -1.16. The molecular formula is C7H9ClN2O3. The van der Waals surface area contributed by atoms with Crippen molar-refractivity contribution in [3.05, 3.63) is 17.0 Å². The summed E-state index contributed by atoms with van der Waals surface area (Å²) in [4.78, 5) is 7.50. The predicted molar refractivity (Wildman–Crippen MR) is 45.6 cm³/mol. The Morgan fingerprint density at radius 1 is 1.46 bits per heavy atom. The first-order chi connectivity index (χ1) is 6.20. The van der Waals surface area contributed by atoms with Crippen LogP contribution in [-0.2, 0) is 4.74 Å². The van der Waals surface area contributed by atoms with Gasteiger partial charge < -0.3 is 14.6 Å². The Balaban J connectivity index is 3.08. The van der Waals surface area contributed by atoms with Gasteiger partial charge >= 0.3 is 0 Å². The molecule has 0 aliphatic rings. The molecule has 1 aromatic rings. The number of halogens is 1. The highest BCUT2D eigenvalue weighted by Gasteiger charge is 2.16. The zero-order chi connectivity index (χ0) is 9.84. The van der Waals surface area contributed by atoms with Gasteiger partial charge in [0, 0.05) is 7.11 Å². The van der Waals surface area contributed by atoms with E-state index in [1.54, 1.807) is 0 Å². The maximum Gasteiger partial charge on any atom is 0.235 e. The van der Waals surface area contributed by atoms with Gasteiger partial charge in [-0.15, -0.1) is 0 Å². The third-order valence-corrected chi connectivity index (χ3v) is 1.79. The Morgan fingerprint density at radius 2 is 2.15 bits per heavy atom. The van der Waals surface area contributed by atoms with Gasteiger partial charge in [-0.25, -0.2) is 9.97 Å². The van der Waals surface area contributed by atoms with Gasteiger partial charge in [-0.1, -0.05) is 11.6 Å². The standard InChI is InChI=1S/C7H9ClN2O3/c1-12-6-4(8)5(7(11)13-2)9-3-10-6/h3,7,11H,1-2H3. The highest BCUT2D eigenvalue weighted by atomic mass is 35.5. The molecule has 0 saturated carbocycles. The van der Waals surface area contributed by atoms with Gasteiger partial charge in [0.25, 0.3) is 0 Å². The summed E-state index contributed by atoms with van der Waals surface area (Å²) in [6.07, 6.45) is 0.0758. The van der Waals surface area contributed by atoms with Crippen LogP contribution in [-0.4, -0.2) is 29.3 Å². The minimum Gasteiger partial charge on any atom is -0.480 e. The van der Waals surface area contributed by atoms with Gasteiger partial charge in [0.1, 0.15) is 17.0 Å². The van der Waals surface area contributed by atoms with Crippen LogP contribution in [0.3, 0.4) is 0 Å². The first-order valence-electron chi connectivity index (χ1n) is 3.46. The molecule has 13 heavy (non-hydrogen) atoms. The molecule has 0 saturated heterocycles. The molecule has 1 rings (SSSR count). The topological polar surface area (TPSA) is 64.5 Å². The average molecular weight is 205 g/mol. The number of aliphatic hydroxyl groups is 1. The summed E-state index contributed by atoms with van der Waals surface area (Å²) in [6.45, 7) is 0. The number of ether oxygens (including phenoxy) is 2. The molecule has 0 fully saturated rings. The molecular weight excluding hydrogens is 196 g/mol. The summed E-state index contributed by atoms with van der Waals surface area (Å²) in [5.41, 5.74) is 0.191. The molecule has 0 bridgehead atoms. The van der Waals surface area contributed by atoms with Crippen molar-refractivity contribution in [2.75, 3.05) is 14.2 Å². The summed E-state index contributed by atoms with van der Waals surface area (Å²) >= 11 is 5.79. The molecule has 1 aromatic heterocycles. The second-order valence-electron chi connectivity index (χ2n) is 2.17. The van der Waals surface area contributed by atoms with E-state index in [1.807, 2.05) is 0 Å². The van der Waals surface area contributed by atoms with Crippen LogP contribution in [0, 0.1) is 0 Å². The Hall–Kier alpha value is -0.910. The summed E-state index contributed by atoms with van der Waals surface area (Å²) in [5.74, 6) is 0.211. The lowest BCUT2D eigenvalue weighted by atomic mass is 10.4. The predicted octanol–water partition coefficient (Wildman–Crippen LogP) is 0.776. The lowest BCUT2D eigenvalue weighted by molar-refractivity contribution is -0.0800. The Kier molecular flexibility index (Phi) is 3.41. The maximum absolute atomic E-state index is 9.28. The fourth-order valence-corrected chi connectivity index (χ4v) is 1.06. The number of hydrogen-bond acceptors (Lipinski definition) is 5.